The van der Waals surface area contributed by atoms with Crippen LogP contribution in [0.3, 0.4) is 0 Å². The topological polar surface area (TPSA) is 79.9 Å². The largest absolute Gasteiger partial charge is 0.497 e. The summed E-state index contributed by atoms with van der Waals surface area (Å²) in [5, 5.41) is 5.62. The molecule has 1 saturated heterocycles. The van der Waals surface area contributed by atoms with E-state index in [1.54, 1.807) is 12.0 Å². The first-order valence-electron chi connectivity index (χ1n) is 8.20. The molecule has 0 aromatic heterocycles. The Balaban J connectivity index is 1.80. The fourth-order valence-corrected chi connectivity index (χ4v) is 2.59. The van der Waals surface area contributed by atoms with E-state index in [0.717, 1.165) is 12.1 Å². The lowest BCUT2D eigenvalue weighted by molar-refractivity contribution is -0.117. The van der Waals surface area contributed by atoms with E-state index in [1.807, 2.05) is 31.2 Å². The second-order valence-electron chi connectivity index (χ2n) is 5.56. The van der Waals surface area contributed by atoms with Crippen molar-refractivity contribution >= 4 is 17.6 Å². The van der Waals surface area contributed by atoms with Gasteiger partial charge in [0.2, 0.25) is 5.91 Å². The molecule has 3 amide bonds. The van der Waals surface area contributed by atoms with Gasteiger partial charge in [0, 0.05) is 44.5 Å². The van der Waals surface area contributed by atoms with Gasteiger partial charge in [0.1, 0.15) is 5.75 Å². The summed E-state index contributed by atoms with van der Waals surface area (Å²) >= 11 is 0. The zero-order chi connectivity index (χ0) is 17.4. The van der Waals surface area contributed by atoms with Gasteiger partial charge in [-0.3, -0.25) is 4.79 Å². The minimum absolute atomic E-state index is 0.00935. The summed E-state index contributed by atoms with van der Waals surface area (Å²) in [4.78, 5) is 25.7. The Bertz CT molecular complexity index is 565. The summed E-state index contributed by atoms with van der Waals surface area (Å²) in [5.41, 5.74) is 0.778. The first-order valence-corrected chi connectivity index (χ1v) is 8.20. The molecule has 7 heteroatoms. The number of benzene rings is 1. The highest BCUT2D eigenvalue weighted by atomic mass is 16.5. The fourth-order valence-electron chi connectivity index (χ4n) is 2.59. The molecular formula is C17H25N3O4. The van der Waals surface area contributed by atoms with Gasteiger partial charge in [-0.2, -0.15) is 0 Å². The molecule has 1 aliphatic rings. The molecule has 0 aliphatic carbocycles. The average Bonchev–Trinajstić information content (AvgIpc) is 2.95. The number of methoxy groups -OCH3 is 1. The summed E-state index contributed by atoms with van der Waals surface area (Å²) < 4.78 is 10.4. The third-order valence-corrected chi connectivity index (χ3v) is 3.78. The Kier molecular flexibility index (Phi) is 6.87. The maximum atomic E-state index is 12.2. The zero-order valence-electron chi connectivity index (χ0n) is 14.2. The predicted octanol–water partition coefficient (Wildman–Crippen LogP) is 1.53. The van der Waals surface area contributed by atoms with Gasteiger partial charge in [0.05, 0.1) is 13.2 Å². The van der Waals surface area contributed by atoms with Crippen molar-refractivity contribution in [3.05, 3.63) is 24.3 Å². The highest BCUT2D eigenvalue weighted by molar-refractivity contribution is 5.97. The van der Waals surface area contributed by atoms with Gasteiger partial charge in [-0.15, -0.1) is 0 Å². The average molecular weight is 335 g/mol. The molecule has 0 saturated carbocycles. The van der Waals surface area contributed by atoms with E-state index in [4.69, 9.17) is 9.47 Å². The Morgan fingerprint density at radius 1 is 1.42 bits per heavy atom. The van der Waals surface area contributed by atoms with Crippen LogP contribution in [0.25, 0.3) is 0 Å². The quantitative estimate of drug-likeness (QED) is 0.706. The third kappa shape index (κ3) is 5.13. The van der Waals surface area contributed by atoms with Crippen LogP contribution in [0.4, 0.5) is 10.5 Å². The van der Waals surface area contributed by atoms with E-state index in [9.17, 15) is 9.59 Å². The lowest BCUT2D eigenvalue weighted by atomic mass is 10.2. The molecule has 0 bridgehead atoms. The monoisotopic (exact) mass is 335 g/mol. The van der Waals surface area contributed by atoms with E-state index in [0.29, 0.717) is 38.5 Å². The van der Waals surface area contributed by atoms with E-state index in [2.05, 4.69) is 10.6 Å². The van der Waals surface area contributed by atoms with Gasteiger partial charge in [-0.25, -0.2) is 4.79 Å². The molecular weight excluding hydrogens is 310 g/mol. The maximum Gasteiger partial charge on any atom is 0.315 e. The molecule has 24 heavy (non-hydrogen) atoms. The lowest BCUT2D eigenvalue weighted by Crippen LogP contribution is -2.43. The van der Waals surface area contributed by atoms with Gasteiger partial charge in [-0.1, -0.05) is 6.07 Å². The molecule has 7 nitrogen and oxygen atoms in total. The second kappa shape index (κ2) is 9.12. The SMILES string of the molecule is CCOCCCNC(=O)N[C@H]1CC(=O)N(c2cccc(OC)c2)C1. The summed E-state index contributed by atoms with van der Waals surface area (Å²) in [6, 6.07) is 6.89. The normalized spacial score (nSPS) is 17.0. The standard InChI is InChI=1S/C17H25N3O4/c1-3-24-9-5-8-18-17(22)19-13-10-16(21)20(12-13)14-6-4-7-15(11-14)23-2/h4,6-7,11,13H,3,5,8-10,12H2,1-2H3,(H2,18,19,22)/t13-/m0/s1. The van der Waals surface area contributed by atoms with Crippen LogP contribution in [-0.2, 0) is 9.53 Å². The number of carbonyl (C=O) groups excluding carboxylic acids is 2. The highest BCUT2D eigenvalue weighted by Gasteiger charge is 2.31. The number of hydrogen-bond acceptors (Lipinski definition) is 4. The smallest absolute Gasteiger partial charge is 0.315 e. The van der Waals surface area contributed by atoms with E-state index in [1.165, 1.54) is 0 Å². The molecule has 1 aromatic rings. The molecule has 0 spiro atoms. The summed E-state index contributed by atoms with van der Waals surface area (Å²) in [6.07, 6.45) is 1.06. The number of nitrogens with zero attached hydrogens (tertiary/aromatic N) is 1. The molecule has 2 N–H and O–H groups in total. The summed E-state index contributed by atoms with van der Waals surface area (Å²) in [5.74, 6) is 0.689. The fraction of sp³-hybridized carbons (Fsp3) is 0.529. The zero-order valence-corrected chi connectivity index (χ0v) is 14.2. The third-order valence-electron chi connectivity index (χ3n) is 3.78. The Morgan fingerprint density at radius 3 is 3.00 bits per heavy atom. The molecule has 1 heterocycles. The van der Waals surface area contributed by atoms with Gasteiger partial charge in [0.25, 0.3) is 0 Å². The second-order valence-corrected chi connectivity index (χ2v) is 5.56. The molecule has 1 aromatic carbocycles. The van der Waals surface area contributed by atoms with E-state index < -0.39 is 0 Å². The van der Waals surface area contributed by atoms with Gasteiger partial charge in [-0.05, 0) is 25.5 Å². The van der Waals surface area contributed by atoms with Crippen LogP contribution < -0.4 is 20.3 Å². The molecule has 132 valence electrons. The first kappa shape index (κ1) is 18.1. The maximum absolute atomic E-state index is 12.2. The summed E-state index contributed by atoms with van der Waals surface area (Å²) in [7, 11) is 1.59. The van der Waals surface area contributed by atoms with Gasteiger partial charge < -0.3 is 25.0 Å². The van der Waals surface area contributed by atoms with Crippen LogP contribution in [0.5, 0.6) is 5.75 Å². The highest BCUT2D eigenvalue weighted by Crippen LogP contribution is 2.25. The van der Waals surface area contributed by atoms with E-state index >= 15 is 0 Å². The van der Waals surface area contributed by atoms with E-state index in [-0.39, 0.29) is 18.0 Å². The minimum Gasteiger partial charge on any atom is -0.497 e. The van der Waals surface area contributed by atoms with Crippen LogP contribution in [-0.4, -0.2) is 51.4 Å². The van der Waals surface area contributed by atoms with Crippen LogP contribution in [0.2, 0.25) is 0 Å². The van der Waals surface area contributed by atoms with Crippen molar-refractivity contribution in [2.45, 2.75) is 25.8 Å². The van der Waals surface area contributed by atoms with Crippen LogP contribution in [0.15, 0.2) is 24.3 Å². The van der Waals surface area contributed by atoms with Crippen molar-refractivity contribution in [3.8, 4) is 5.75 Å². The number of rotatable bonds is 8. The van der Waals surface area contributed by atoms with Crippen molar-refractivity contribution in [1.82, 2.24) is 10.6 Å². The number of nitrogens with one attached hydrogen (secondary N) is 2. The molecule has 0 radical (unpaired) electrons. The first-order chi connectivity index (χ1) is 11.6. The Morgan fingerprint density at radius 2 is 2.25 bits per heavy atom. The lowest BCUT2D eigenvalue weighted by Gasteiger charge is -2.18. The number of ether oxygens (including phenoxy) is 2. The number of urea groups is 1. The van der Waals surface area contributed by atoms with Crippen molar-refractivity contribution in [3.63, 3.8) is 0 Å². The van der Waals surface area contributed by atoms with Crippen LogP contribution in [0.1, 0.15) is 19.8 Å². The van der Waals surface area contributed by atoms with Crippen molar-refractivity contribution in [1.29, 1.82) is 0 Å². The van der Waals surface area contributed by atoms with Crippen LogP contribution >= 0.6 is 0 Å². The number of carbonyl (C=O) groups is 2. The van der Waals surface area contributed by atoms with Crippen molar-refractivity contribution < 1.29 is 19.1 Å². The van der Waals surface area contributed by atoms with Crippen LogP contribution in [0, 0.1) is 0 Å². The van der Waals surface area contributed by atoms with Gasteiger partial charge in [0.15, 0.2) is 0 Å². The number of anilines is 1. The van der Waals surface area contributed by atoms with Crippen molar-refractivity contribution in [2.24, 2.45) is 0 Å². The molecule has 2 rings (SSSR count). The Labute approximate surface area is 142 Å². The number of hydrogen-bond donors (Lipinski definition) is 2. The van der Waals surface area contributed by atoms with Gasteiger partial charge >= 0.3 is 6.03 Å². The molecule has 1 fully saturated rings. The molecule has 1 aliphatic heterocycles. The molecule has 1 atom stereocenters. The predicted molar refractivity (Wildman–Crippen MR) is 91.4 cm³/mol. The Hall–Kier alpha value is -2.28. The van der Waals surface area contributed by atoms with Crippen molar-refractivity contribution in [2.75, 3.05) is 38.3 Å². The minimum atomic E-state index is -0.253. The number of amides is 3. The molecule has 0 unspecified atom stereocenters. The summed E-state index contributed by atoms with van der Waals surface area (Å²) in [6.45, 7) is 4.24.